The summed E-state index contributed by atoms with van der Waals surface area (Å²) in [6.45, 7) is 2.14. The Bertz CT molecular complexity index is 666. The van der Waals surface area contributed by atoms with Crippen LogP contribution in [0.4, 0.5) is 0 Å². The average molecular weight is 341 g/mol. The second-order valence-electron chi connectivity index (χ2n) is 5.62. The number of ketones is 1. The van der Waals surface area contributed by atoms with Crippen LogP contribution >= 0.6 is 11.8 Å². The average Bonchev–Trinajstić information content (AvgIpc) is 2.62. The zero-order chi connectivity index (χ0) is 17.2. The fourth-order valence-corrected chi connectivity index (χ4v) is 3.25. The minimum Gasteiger partial charge on any atom is -0.410 e. The first-order valence-electron chi connectivity index (χ1n) is 8.33. The number of rotatable bonds is 9. The van der Waals surface area contributed by atoms with Crippen LogP contribution in [-0.4, -0.2) is 16.7 Å². The predicted molar refractivity (Wildman–Crippen MR) is 99.1 cm³/mol. The highest BCUT2D eigenvalue weighted by atomic mass is 32.2. The first-order valence-corrected chi connectivity index (χ1v) is 9.15. The molecule has 0 amide bonds. The molecule has 0 fully saturated rings. The summed E-state index contributed by atoms with van der Waals surface area (Å²) in [4.78, 5) is 14.5. The first kappa shape index (κ1) is 18.3. The van der Waals surface area contributed by atoms with E-state index in [4.69, 9.17) is 0 Å². The molecule has 1 N–H and O–H groups in total. The van der Waals surface area contributed by atoms with Crippen molar-refractivity contribution in [1.82, 2.24) is 0 Å². The van der Waals surface area contributed by atoms with Gasteiger partial charge in [-0.25, -0.2) is 0 Å². The summed E-state index contributed by atoms with van der Waals surface area (Å²) in [6, 6.07) is 17.7. The van der Waals surface area contributed by atoms with Crippen molar-refractivity contribution in [3.63, 3.8) is 0 Å². The standard InChI is InChI=1S/C20H23NO2S/c1-2-3-4-8-11-19(22)20(21-23)16-12-14-18(15-13-16)24-17-9-6-5-7-10-17/h5-7,9-10,12-15,23H,2-4,8,11H2,1H3. The molecule has 0 spiro atoms. The Hall–Kier alpha value is -2.07. The highest BCUT2D eigenvalue weighted by Crippen LogP contribution is 2.27. The SMILES string of the molecule is CCCCCCC(=O)C(=NO)c1ccc(Sc2ccccc2)cc1. The molecule has 0 aliphatic heterocycles. The van der Waals surface area contributed by atoms with E-state index in [-0.39, 0.29) is 11.5 Å². The van der Waals surface area contributed by atoms with E-state index in [0.717, 1.165) is 35.5 Å². The molecule has 0 atom stereocenters. The zero-order valence-corrected chi connectivity index (χ0v) is 14.8. The molecule has 0 heterocycles. The normalized spacial score (nSPS) is 11.5. The van der Waals surface area contributed by atoms with Crippen molar-refractivity contribution in [2.75, 3.05) is 0 Å². The van der Waals surface area contributed by atoms with Gasteiger partial charge in [0.25, 0.3) is 0 Å². The van der Waals surface area contributed by atoms with E-state index < -0.39 is 0 Å². The molecule has 4 heteroatoms. The van der Waals surface area contributed by atoms with Gasteiger partial charge in [0, 0.05) is 21.8 Å². The van der Waals surface area contributed by atoms with Gasteiger partial charge in [-0.2, -0.15) is 0 Å². The summed E-state index contributed by atoms with van der Waals surface area (Å²) in [5, 5.41) is 12.5. The number of hydrogen-bond donors (Lipinski definition) is 1. The van der Waals surface area contributed by atoms with Gasteiger partial charge in [-0.05, 0) is 30.7 Å². The number of Topliss-reactive ketones (excluding diaryl/α,β-unsaturated/α-hetero) is 1. The van der Waals surface area contributed by atoms with Gasteiger partial charge in [0.2, 0.25) is 0 Å². The fraction of sp³-hybridized carbons (Fsp3) is 0.300. The summed E-state index contributed by atoms with van der Waals surface area (Å²) in [7, 11) is 0. The molecule has 126 valence electrons. The molecule has 0 unspecified atom stereocenters. The first-order chi connectivity index (χ1) is 11.7. The number of hydrogen-bond acceptors (Lipinski definition) is 4. The van der Waals surface area contributed by atoms with Gasteiger partial charge in [-0.15, -0.1) is 0 Å². The van der Waals surface area contributed by atoms with E-state index in [1.54, 1.807) is 11.8 Å². The van der Waals surface area contributed by atoms with Crippen LogP contribution in [0, 0.1) is 0 Å². The molecule has 24 heavy (non-hydrogen) atoms. The van der Waals surface area contributed by atoms with Crippen molar-refractivity contribution in [3.05, 3.63) is 60.2 Å². The Morgan fingerprint density at radius 3 is 2.25 bits per heavy atom. The molecule has 0 saturated heterocycles. The molecule has 2 rings (SSSR count). The maximum Gasteiger partial charge on any atom is 0.185 e. The number of unbranched alkanes of at least 4 members (excludes halogenated alkanes) is 3. The Morgan fingerprint density at radius 2 is 1.62 bits per heavy atom. The van der Waals surface area contributed by atoms with Gasteiger partial charge in [0.05, 0.1) is 0 Å². The topological polar surface area (TPSA) is 49.7 Å². The lowest BCUT2D eigenvalue weighted by molar-refractivity contribution is -0.113. The van der Waals surface area contributed by atoms with Crippen LogP contribution in [0.25, 0.3) is 0 Å². The van der Waals surface area contributed by atoms with Crippen LogP contribution in [0.2, 0.25) is 0 Å². The van der Waals surface area contributed by atoms with E-state index in [2.05, 4.69) is 24.2 Å². The third-order valence-corrected chi connectivity index (χ3v) is 4.74. The lowest BCUT2D eigenvalue weighted by Crippen LogP contribution is -2.15. The maximum absolute atomic E-state index is 12.2. The third kappa shape index (κ3) is 5.53. The van der Waals surface area contributed by atoms with Gasteiger partial charge in [-0.1, -0.05) is 73.4 Å². The zero-order valence-electron chi connectivity index (χ0n) is 13.9. The van der Waals surface area contributed by atoms with Gasteiger partial charge >= 0.3 is 0 Å². The molecule has 0 radical (unpaired) electrons. The summed E-state index contributed by atoms with van der Waals surface area (Å²) in [5.74, 6) is -0.0999. The second kappa shape index (κ2) is 9.93. The molecule has 0 bridgehead atoms. The monoisotopic (exact) mass is 341 g/mol. The summed E-state index contributed by atoms with van der Waals surface area (Å²) < 4.78 is 0. The Balaban J connectivity index is 1.98. The third-order valence-electron chi connectivity index (χ3n) is 3.73. The molecule has 3 nitrogen and oxygen atoms in total. The Kier molecular flexibility index (Phi) is 7.56. The number of oxime groups is 1. The van der Waals surface area contributed by atoms with Crippen molar-refractivity contribution in [2.45, 2.75) is 48.8 Å². The summed E-state index contributed by atoms with van der Waals surface area (Å²) >= 11 is 1.66. The summed E-state index contributed by atoms with van der Waals surface area (Å²) in [6.07, 6.45) is 4.57. The van der Waals surface area contributed by atoms with Gasteiger partial charge in [0.1, 0.15) is 0 Å². The van der Waals surface area contributed by atoms with Crippen LogP contribution in [-0.2, 0) is 4.79 Å². The van der Waals surface area contributed by atoms with Crippen molar-refractivity contribution in [1.29, 1.82) is 0 Å². The van der Waals surface area contributed by atoms with E-state index in [1.165, 1.54) is 0 Å². The van der Waals surface area contributed by atoms with E-state index in [0.29, 0.717) is 12.0 Å². The lowest BCUT2D eigenvalue weighted by atomic mass is 10.0. The smallest absolute Gasteiger partial charge is 0.185 e. The van der Waals surface area contributed by atoms with Gasteiger partial charge < -0.3 is 5.21 Å². The van der Waals surface area contributed by atoms with Crippen LogP contribution < -0.4 is 0 Å². The highest BCUT2D eigenvalue weighted by Gasteiger charge is 2.14. The molecular formula is C20H23NO2S. The van der Waals surface area contributed by atoms with Crippen LogP contribution in [0.3, 0.4) is 0 Å². The number of nitrogens with zero attached hydrogens (tertiary/aromatic N) is 1. The largest absolute Gasteiger partial charge is 0.410 e. The maximum atomic E-state index is 12.2. The molecule has 2 aromatic carbocycles. The number of carbonyl (C=O) groups excluding carboxylic acids is 1. The van der Waals surface area contributed by atoms with Crippen molar-refractivity contribution < 1.29 is 10.0 Å². The molecule has 0 aliphatic carbocycles. The van der Waals surface area contributed by atoms with Gasteiger partial charge in [0.15, 0.2) is 11.5 Å². The molecule has 2 aromatic rings. The predicted octanol–water partition coefficient (Wildman–Crippen LogP) is 5.56. The van der Waals surface area contributed by atoms with Crippen LogP contribution in [0.1, 0.15) is 44.6 Å². The highest BCUT2D eigenvalue weighted by molar-refractivity contribution is 7.99. The van der Waals surface area contributed by atoms with Crippen molar-refractivity contribution in [3.8, 4) is 0 Å². The number of benzene rings is 2. The second-order valence-corrected chi connectivity index (χ2v) is 6.77. The van der Waals surface area contributed by atoms with E-state index in [1.807, 2.05) is 42.5 Å². The number of carbonyl (C=O) groups is 1. The quantitative estimate of drug-likeness (QED) is 0.281. The van der Waals surface area contributed by atoms with E-state index >= 15 is 0 Å². The fourth-order valence-electron chi connectivity index (χ4n) is 2.41. The minimum atomic E-state index is -0.0999. The molecule has 0 aliphatic rings. The van der Waals surface area contributed by atoms with Crippen molar-refractivity contribution >= 4 is 23.3 Å². The Labute approximate surface area is 147 Å². The van der Waals surface area contributed by atoms with Crippen molar-refractivity contribution in [2.24, 2.45) is 5.16 Å². The van der Waals surface area contributed by atoms with E-state index in [9.17, 15) is 10.0 Å². The Morgan fingerprint density at radius 1 is 0.958 bits per heavy atom. The minimum absolute atomic E-state index is 0.0999. The van der Waals surface area contributed by atoms with Gasteiger partial charge in [-0.3, -0.25) is 4.79 Å². The lowest BCUT2D eigenvalue weighted by Gasteiger charge is -2.06. The van der Waals surface area contributed by atoms with Crippen LogP contribution in [0.5, 0.6) is 0 Å². The molecule has 0 saturated carbocycles. The van der Waals surface area contributed by atoms with Crippen LogP contribution in [0.15, 0.2) is 69.5 Å². The summed E-state index contributed by atoms with van der Waals surface area (Å²) in [5.41, 5.74) is 0.818. The molecule has 0 aromatic heterocycles. The molecular weight excluding hydrogens is 318 g/mol.